The fraction of sp³-hybridized carbons (Fsp3) is 0.500. The number of rotatable bonds is 9. The Balaban J connectivity index is 1.88. The number of carbonyl (C=O) groups excluding carboxylic acids is 1. The number of benzene rings is 2. The van der Waals surface area contributed by atoms with Crippen molar-refractivity contribution in [3.05, 3.63) is 80.9 Å². The van der Waals surface area contributed by atoms with Crippen molar-refractivity contribution < 1.29 is 37.7 Å². The predicted molar refractivity (Wildman–Crippen MR) is 170 cm³/mol. The molecule has 252 valence electrons. The van der Waals surface area contributed by atoms with Gasteiger partial charge in [0.25, 0.3) is 0 Å². The molecule has 5 rings (SSSR count). The lowest BCUT2D eigenvalue weighted by atomic mass is 9.61. The van der Waals surface area contributed by atoms with Gasteiger partial charge in [0.05, 0.1) is 30.9 Å². The zero-order valence-corrected chi connectivity index (χ0v) is 27.9. The summed E-state index contributed by atoms with van der Waals surface area (Å²) >= 11 is 12.4. The number of carboxylic acid groups (broad SMARTS) is 1. The van der Waals surface area contributed by atoms with Crippen LogP contribution in [-0.2, 0) is 29.2 Å². The minimum atomic E-state index is -2.13. The third kappa shape index (κ3) is 6.28. The second-order valence-corrected chi connectivity index (χ2v) is 14.2. The van der Waals surface area contributed by atoms with Crippen LogP contribution in [0.5, 0.6) is 0 Å². The van der Waals surface area contributed by atoms with Crippen LogP contribution in [0.25, 0.3) is 0 Å². The van der Waals surface area contributed by atoms with Crippen LogP contribution in [0.15, 0.2) is 48.0 Å². The van der Waals surface area contributed by atoms with E-state index in [1.165, 1.54) is 35.2 Å². The van der Waals surface area contributed by atoms with Gasteiger partial charge in [0.2, 0.25) is 5.91 Å². The molecule has 3 aliphatic heterocycles. The third-order valence-corrected chi connectivity index (χ3v) is 10.2. The van der Waals surface area contributed by atoms with Crippen molar-refractivity contribution in [1.29, 1.82) is 5.26 Å². The van der Waals surface area contributed by atoms with Gasteiger partial charge in [-0.1, -0.05) is 66.9 Å². The number of ether oxygens (including phenoxy) is 3. The number of nitrogens with zero attached hydrogens (tertiary/aromatic N) is 2. The minimum Gasteiger partial charge on any atom is -0.480 e. The Morgan fingerprint density at radius 2 is 1.96 bits per heavy atom. The fourth-order valence-electron chi connectivity index (χ4n) is 7.66. The van der Waals surface area contributed by atoms with E-state index in [9.17, 15) is 20.0 Å². The number of hydrogen-bond donors (Lipinski definition) is 2. The van der Waals surface area contributed by atoms with Gasteiger partial charge < -0.3 is 25.1 Å². The van der Waals surface area contributed by atoms with Gasteiger partial charge in [-0.25, -0.2) is 8.78 Å². The number of primary amides is 1. The first kappa shape index (κ1) is 35.2. The standard InChI is InChI=1S/C34H37Cl2F2N3O6/c1-32(2,18-10-12-45-13-11-18)15-25-34(17-39,21-9-8-19(35)14-23(21)37)26(20-6-5-7-22(36)27(20)38)29(31(43)44)41(25)28(30(40)42)24-16-46-33(3,4)47-24/h5-10,14,24-26,28-29H,11-13,15-16H2,1-4H3,(H2,40,42)(H,43,44)/t24-,25+,26+,28?,29-,34+/m1/s1. The number of amides is 1. The molecule has 3 N–H and O–H groups in total. The van der Waals surface area contributed by atoms with Crippen LogP contribution in [0.4, 0.5) is 8.78 Å². The predicted octanol–water partition coefficient (Wildman–Crippen LogP) is 5.72. The van der Waals surface area contributed by atoms with Crippen LogP contribution in [0.3, 0.4) is 0 Å². The fourth-order valence-corrected chi connectivity index (χ4v) is 8.00. The molecular formula is C34H37Cl2F2N3O6. The van der Waals surface area contributed by atoms with Crippen LogP contribution in [0.2, 0.25) is 10.0 Å². The summed E-state index contributed by atoms with van der Waals surface area (Å²) in [5.41, 5.74) is 3.70. The summed E-state index contributed by atoms with van der Waals surface area (Å²) in [6, 6.07) is 5.50. The van der Waals surface area contributed by atoms with Crippen molar-refractivity contribution in [2.24, 2.45) is 11.1 Å². The average molecular weight is 693 g/mol. The van der Waals surface area contributed by atoms with Gasteiger partial charge in [0.15, 0.2) is 5.79 Å². The molecule has 6 atom stereocenters. The van der Waals surface area contributed by atoms with Crippen LogP contribution in [0.1, 0.15) is 57.6 Å². The summed E-state index contributed by atoms with van der Waals surface area (Å²) in [5.74, 6) is -7.05. The summed E-state index contributed by atoms with van der Waals surface area (Å²) < 4.78 is 49.8. The number of nitriles is 1. The topological polar surface area (TPSA) is 135 Å². The van der Waals surface area contributed by atoms with Crippen molar-refractivity contribution in [2.45, 2.75) is 81.9 Å². The van der Waals surface area contributed by atoms with Crippen LogP contribution < -0.4 is 5.73 Å². The van der Waals surface area contributed by atoms with Gasteiger partial charge in [-0.05, 0) is 55.9 Å². The van der Waals surface area contributed by atoms with E-state index in [0.717, 1.165) is 11.6 Å². The van der Waals surface area contributed by atoms with E-state index in [-0.39, 0.29) is 34.2 Å². The maximum Gasteiger partial charge on any atom is 0.321 e. The first-order valence-corrected chi connectivity index (χ1v) is 16.0. The monoisotopic (exact) mass is 691 g/mol. The Hall–Kier alpha value is -3.11. The first-order valence-electron chi connectivity index (χ1n) is 15.2. The summed E-state index contributed by atoms with van der Waals surface area (Å²) in [6.45, 7) is 7.77. The molecule has 1 unspecified atom stereocenters. The largest absolute Gasteiger partial charge is 0.480 e. The zero-order chi connectivity index (χ0) is 34.5. The van der Waals surface area contributed by atoms with Gasteiger partial charge in [-0.15, -0.1) is 0 Å². The van der Waals surface area contributed by atoms with E-state index in [2.05, 4.69) is 6.07 Å². The van der Waals surface area contributed by atoms with E-state index in [0.29, 0.717) is 19.6 Å². The molecule has 0 spiro atoms. The molecule has 1 amide bonds. The van der Waals surface area contributed by atoms with E-state index in [1.807, 2.05) is 19.9 Å². The highest BCUT2D eigenvalue weighted by molar-refractivity contribution is 6.31. The Morgan fingerprint density at radius 1 is 1.23 bits per heavy atom. The van der Waals surface area contributed by atoms with Gasteiger partial charge in [-0.3, -0.25) is 14.5 Å². The third-order valence-electron chi connectivity index (χ3n) is 9.68. The quantitative estimate of drug-likeness (QED) is 0.319. The molecule has 0 aromatic heterocycles. The lowest BCUT2D eigenvalue weighted by Gasteiger charge is -2.44. The molecule has 3 aliphatic rings. The lowest BCUT2D eigenvalue weighted by molar-refractivity contribution is -0.159. The Bertz CT molecular complexity index is 1650. The van der Waals surface area contributed by atoms with Crippen molar-refractivity contribution in [1.82, 2.24) is 4.90 Å². The molecule has 2 fully saturated rings. The molecule has 9 nitrogen and oxygen atoms in total. The normalized spacial score (nSPS) is 28.4. The van der Waals surface area contributed by atoms with Crippen molar-refractivity contribution in [3.63, 3.8) is 0 Å². The second kappa shape index (κ2) is 13.1. The Kier molecular flexibility index (Phi) is 9.79. The molecule has 13 heteroatoms. The van der Waals surface area contributed by atoms with Gasteiger partial charge in [0, 0.05) is 22.5 Å². The molecule has 3 heterocycles. The highest BCUT2D eigenvalue weighted by atomic mass is 35.5. The lowest BCUT2D eigenvalue weighted by Crippen LogP contribution is -2.60. The van der Waals surface area contributed by atoms with E-state index in [1.54, 1.807) is 13.8 Å². The molecule has 0 bridgehead atoms. The van der Waals surface area contributed by atoms with Gasteiger partial charge in [0.1, 0.15) is 35.2 Å². The highest BCUT2D eigenvalue weighted by Gasteiger charge is 2.68. The molecule has 2 aromatic rings. The van der Waals surface area contributed by atoms with Crippen molar-refractivity contribution >= 4 is 35.1 Å². The summed E-state index contributed by atoms with van der Waals surface area (Å²) in [5, 5.41) is 22.1. The number of aliphatic carboxylic acids is 1. The summed E-state index contributed by atoms with van der Waals surface area (Å²) in [4.78, 5) is 28.4. The maximum atomic E-state index is 16.3. The van der Waals surface area contributed by atoms with Crippen LogP contribution in [0, 0.1) is 28.4 Å². The Labute approximate surface area is 282 Å². The number of hydrogen-bond acceptors (Lipinski definition) is 7. The first-order chi connectivity index (χ1) is 22.1. The summed E-state index contributed by atoms with van der Waals surface area (Å²) in [6.07, 6.45) is 1.42. The van der Waals surface area contributed by atoms with E-state index >= 15 is 8.78 Å². The number of nitrogens with two attached hydrogens (primary N) is 1. The van der Waals surface area contributed by atoms with Gasteiger partial charge >= 0.3 is 5.97 Å². The Morgan fingerprint density at radius 3 is 2.51 bits per heavy atom. The minimum absolute atomic E-state index is 0.0255. The number of likely N-dealkylation sites (tertiary alicyclic amines) is 1. The molecule has 2 aromatic carbocycles. The molecule has 0 radical (unpaired) electrons. The molecular weight excluding hydrogens is 655 g/mol. The molecule has 0 saturated carbocycles. The molecule has 0 aliphatic carbocycles. The molecule has 47 heavy (non-hydrogen) atoms. The van der Waals surface area contributed by atoms with Crippen LogP contribution in [-0.4, -0.2) is 71.7 Å². The molecule has 2 saturated heterocycles. The zero-order valence-electron chi connectivity index (χ0n) is 26.4. The number of carboxylic acids is 1. The maximum absolute atomic E-state index is 16.3. The SMILES string of the molecule is CC1(C)OC[C@H](C(C(N)=O)N2[C@@H](CC(C)(C)C3=CCOCC3)[C@](C#N)(c3ccc(Cl)cc3F)[C@@H](c3cccc(Cl)c3F)[C@@H]2C(=O)O)O1. The smallest absolute Gasteiger partial charge is 0.321 e. The van der Waals surface area contributed by atoms with Gasteiger partial charge in [-0.2, -0.15) is 5.26 Å². The number of carbonyl (C=O) groups is 2. The summed E-state index contributed by atoms with van der Waals surface area (Å²) in [7, 11) is 0. The van der Waals surface area contributed by atoms with E-state index < -0.39 is 70.3 Å². The van der Waals surface area contributed by atoms with Crippen molar-refractivity contribution in [2.75, 3.05) is 19.8 Å². The second-order valence-electron chi connectivity index (χ2n) is 13.3. The number of halogens is 4. The average Bonchev–Trinajstić information content (AvgIpc) is 3.49. The van der Waals surface area contributed by atoms with Crippen LogP contribution >= 0.6 is 23.2 Å². The van der Waals surface area contributed by atoms with E-state index in [4.69, 9.17) is 43.1 Å². The van der Waals surface area contributed by atoms with Crippen molar-refractivity contribution in [3.8, 4) is 6.07 Å². The highest BCUT2D eigenvalue weighted by Crippen LogP contribution is 2.58.